The van der Waals surface area contributed by atoms with Gasteiger partial charge < -0.3 is 10.2 Å². The van der Waals surface area contributed by atoms with Crippen molar-refractivity contribution in [3.63, 3.8) is 0 Å². The molecule has 0 fully saturated rings. The quantitative estimate of drug-likeness (QED) is 0.729. The predicted octanol–water partition coefficient (Wildman–Crippen LogP) is 1.44. The van der Waals surface area contributed by atoms with Crippen LogP contribution in [0.3, 0.4) is 0 Å². The summed E-state index contributed by atoms with van der Waals surface area (Å²) in [6, 6.07) is 3.59. The molecule has 0 bridgehead atoms. The summed E-state index contributed by atoms with van der Waals surface area (Å²) >= 11 is 0. The minimum absolute atomic E-state index is 0.281. The van der Waals surface area contributed by atoms with Crippen LogP contribution < -0.4 is 0 Å². The lowest BCUT2D eigenvalue weighted by Crippen LogP contribution is -2.04. The van der Waals surface area contributed by atoms with E-state index in [9.17, 15) is 0 Å². The summed E-state index contributed by atoms with van der Waals surface area (Å²) in [4.78, 5) is 3.90. The number of nitrogens with zero attached hydrogens (tertiary/aromatic N) is 1. The van der Waals surface area contributed by atoms with Crippen LogP contribution in [0.2, 0.25) is 0 Å². The first kappa shape index (κ1) is 12.1. The molecule has 0 spiro atoms. The van der Waals surface area contributed by atoms with Gasteiger partial charge in [-0.15, -0.1) is 0 Å². The Morgan fingerprint density at radius 1 is 1.46 bits per heavy atom. The van der Waals surface area contributed by atoms with E-state index in [1.165, 1.54) is 0 Å². The van der Waals surface area contributed by atoms with E-state index in [0.717, 1.165) is 5.56 Å². The average Bonchev–Trinajstić information content (AvgIpc) is 2.20. The third-order valence-corrected chi connectivity index (χ3v) is 1.45. The second kappa shape index (κ2) is 6.57. The molecule has 1 atom stereocenters. The summed E-state index contributed by atoms with van der Waals surface area (Å²) in [5.41, 5.74) is 1.55. The number of aliphatic hydroxyl groups excluding tert-OH is 2. The fraction of sp³-hybridized carbons (Fsp3) is 0.500. The maximum Gasteiger partial charge on any atom is 0.119 e. The zero-order valence-electron chi connectivity index (χ0n) is 8.36. The third kappa shape index (κ3) is 4.01. The van der Waals surface area contributed by atoms with Gasteiger partial charge in [0.1, 0.15) is 6.10 Å². The Morgan fingerprint density at radius 3 is 2.54 bits per heavy atom. The van der Waals surface area contributed by atoms with Crippen molar-refractivity contribution >= 4 is 0 Å². The van der Waals surface area contributed by atoms with Crippen LogP contribution in [0, 0.1) is 6.92 Å². The van der Waals surface area contributed by atoms with Gasteiger partial charge in [-0.05, 0) is 24.6 Å². The highest BCUT2D eigenvalue weighted by Crippen LogP contribution is 2.09. The van der Waals surface area contributed by atoms with Gasteiger partial charge >= 0.3 is 0 Å². The largest absolute Gasteiger partial charge is 0.393 e. The van der Waals surface area contributed by atoms with Crippen molar-refractivity contribution < 1.29 is 10.2 Å². The summed E-state index contributed by atoms with van der Waals surface area (Å²) in [5.74, 6) is 0. The van der Waals surface area contributed by atoms with Crippen molar-refractivity contribution in [3.8, 4) is 0 Å². The molecule has 0 amide bonds. The summed E-state index contributed by atoms with van der Waals surface area (Å²) in [5, 5.41) is 17.7. The van der Waals surface area contributed by atoms with Crippen molar-refractivity contribution in [2.24, 2.45) is 0 Å². The number of aryl methyl sites for hydroxylation is 1. The fourth-order valence-corrected chi connectivity index (χ4v) is 0.835. The highest BCUT2D eigenvalue weighted by atomic mass is 16.3. The first-order valence-corrected chi connectivity index (χ1v) is 4.45. The first-order chi connectivity index (χ1) is 6.24. The lowest BCUT2D eigenvalue weighted by atomic mass is 10.2. The van der Waals surface area contributed by atoms with Gasteiger partial charge in [0.05, 0.1) is 12.3 Å². The zero-order chi connectivity index (χ0) is 10.3. The van der Waals surface area contributed by atoms with Crippen LogP contribution in [-0.4, -0.2) is 21.8 Å². The zero-order valence-corrected chi connectivity index (χ0v) is 8.36. The Hall–Kier alpha value is -0.930. The minimum Gasteiger partial charge on any atom is -0.393 e. The molecular formula is C10H17NO2. The lowest BCUT2D eigenvalue weighted by molar-refractivity contribution is 0.0922. The lowest BCUT2D eigenvalue weighted by Gasteiger charge is -2.05. The van der Waals surface area contributed by atoms with Gasteiger partial charge in [0, 0.05) is 6.20 Å². The number of rotatable bonds is 2. The second-order valence-electron chi connectivity index (χ2n) is 2.46. The molecule has 0 radical (unpaired) electrons. The van der Waals surface area contributed by atoms with Crippen molar-refractivity contribution in [2.45, 2.75) is 26.9 Å². The molecule has 0 saturated heterocycles. The number of aromatic nitrogens is 1. The normalized spacial score (nSPS) is 11.5. The van der Waals surface area contributed by atoms with Gasteiger partial charge in [-0.3, -0.25) is 4.98 Å². The van der Waals surface area contributed by atoms with Crippen molar-refractivity contribution in [2.75, 3.05) is 6.61 Å². The molecule has 3 heteroatoms. The third-order valence-electron chi connectivity index (χ3n) is 1.45. The van der Waals surface area contributed by atoms with E-state index in [2.05, 4.69) is 4.98 Å². The van der Waals surface area contributed by atoms with Gasteiger partial charge in [0.2, 0.25) is 0 Å². The first-order valence-electron chi connectivity index (χ1n) is 4.45. The number of pyridine rings is 1. The Morgan fingerprint density at radius 2 is 2.08 bits per heavy atom. The van der Waals surface area contributed by atoms with Crippen molar-refractivity contribution in [1.29, 1.82) is 0 Å². The van der Waals surface area contributed by atoms with Crippen LogP contribution in [0.15, 0.2) is 18.3 Å². The standard InChI is InChI=1S/C8H11NO2.C2H6/c1-6-2-3-9-7(4-6)8(11)5-10;1-2/h2-4,8,10-11H,5H2,1H3;1-2H3. The molecule has 1 rings (SSSR count). The predicted molar refractivity (Wildman–Crippen MR) is 52.4 cm³/mol. The van der Waals surface area contributed by atoms with Crippen LogP contribution in [0.1, 0.15) is 31.2 Å². The van der Waals surface area contributed by atoms with E-state index >= 15 is 0 Å². The highest BCUT2D eigenvalue weighted by molar-refractivity contribution is 5.15. The molecule has 1 unspecified atom stereocenters. The van der Waals surface area contributed by atoms with Gasteiger partial charge in [0.25, 0.3) is 0 Å². The van der Waals surface area contributed by atoms with E-state index in [0.29, 0.717) is 5.69 Å². The maximum absolute atomic E-state index is 9.14. The molecule has 0 aliphatic carbocycles. The summed E-state index contributed by atoms with van der Waals surface area (Å²) in [7, 11) is 0. The minimum atomic E-state index is -0.852. The van der Waals surface area contributed by atoms with Crippen LogP contribution in [0.4, 0.5) is 0 Å². The molecule has 1 heterocycles. The Balaban J connectivity index is 0.000000671. The van der Waals surface area contributed by atoms with Crippen LogP contribution in [0.5, 0.6) is 0 Å². The Bertz CT molecular complexity index is 238. The fourth-order valence-electron chi connectivity index (χ4n) is 0.835. The Labute approximate surface area is 79.1 Å². The average molecular weight is 183 g/mol. The van der Waals surface area contributed by atoms with E-state index < -0.39 is 6.10 Å². The highest BCUT2D eigenvalue weighted by Gasteiger charge is 2.05. The van der Waals surface area contributed by atoms with Gasteiger partial charge in [0.15, 0.2) is 0 Å². The van der Waals surface area contributed by atoms with Gasteiger partial charge in [-0.2, -0.15) is 0 Å². The molecule has 74 valence electrons. The number of hydrogen-bond acceptors (Lipinski definition) is 3. The Kier molecular flexibility index (Phi) is 6.10. The molecule has 13 heavy (non-hydrogen) atoms. The van der Waals surface area contributed by atoms with E-state index in [-0.39, 0.29) is 6.61 Å². The molecular weight excluding hydrogens is 166 g/mol. The maximum atomic E-state index is 9.14. The monoisotopic (exact) mass is 183 g/mol. The molecule has 3 nitrogen and oxygen atoms in total. The SMILES string of the molecule is CC.Cc1ccnc(C(O)CO)c1. The van der Waals surface area contributed by atoms with Gasteiger partial charge in [-0.1, -0.05) is 13.8 Å². The molecule has 0 aliphatic heterocycles. The van der Waals surface area contributed by atoms with E-state index in [4.69, 9.17) is 10.2 Å². The van der Waals surface area contributed by atoms with Crippen LogP contribution in [0.25, 0.3) is 0 Å². The van der Waals surface area contributed by atoms with Crippen LogP contribution in [-0.2, 0) is 0 Å². The van der Waals surface area contributed by atoms with Crippen LogP contribution >= 0.6 is 0 Å². The van der Waals surface area contributed by atoms with Crippen molar-refractivity contribution in [3.05, 3.63) is 29.6 Å². The molecule has 1 aromatic heterocycles. The second-order valence-corrected chi connectivity index (χ2v) is 2.46. The number of aliphatic hydroxyl groups is 2. The smallest absolute Gasteiger partial charge is 0.119 e. The molecule has 0 aliphatic rings. The van der Waals surface area contributed by atoms with Gasteiger partial charge in [-0.25, -0.2) is 0 Å². The summed E-state index contributed by atoms with van der Waals surface area (Å²) in [6.07, 6.45) is 0.763. The number of hydrogen-bond donors (Lipinski definition) is 2. The van der Waals surface area contributed by atoms with E-state index in [1.807, 2.05) is 26.8 Å². The molecule has 0 saturated carbocycles. The molecule has 1 aromatic rings. The van der Waals surface area contributed by atoms with E-state index in [1.54, 1.807) is 12.3 Å². The molecule has 2 N–H and O–H groups in total. The topological polar surface area (TPSA) is 53.4 Å². The summed E-state index contributed by atoms with van der Waals surface area (Å²) < 4.78 is 0. The molecule has 0 aromatic carbocycles. The van der Waals surface area contributed by atoms with Crippen molar-refractivity contribution in [1.82, 2.24) is 4.98 Å². The summed E-state index contributed by atoms with van der Waals surface area (Å²) in [6.45, 7) is 5.63.